The first-order chi connectivity index (χ1) is 9.06. The van der Waals surface area contributed by atoms with Gasteiger partial charge in [0.05, 0.1) is 0 Å². The van der Waals surface area contributed by atoms with Crippen LogP contribution in [0.4, 0.5) is 0 Å². The predicted octanol–water partition coefficient (Wildman–Crippen LogP) is 2.93. The lowest BCUT2D eigenvalue weighted by atomic mass is 9.83. The van der Waals surface area contributed by atoms with Crippen molar-refractivity contribution in [1.82, 2.24) is 4.90 Å². The van der Waals surface area contributed by atoms with E-state index in [0.717, 1.165) is 38.1 Å². The van der Waals surface area contributed by atoms with E-state index in [0.29, 0.717) is 23.9 Å². The number of rotatable bonds is 3. The molecular weight excluding hydrogens is 236 g/mol. The fourth-order valence-electron chi connectivity index (χ4n) is 3.58. The SMILES string of the molecule is CC1CCC(C)N(C(=O)CCC2CCC(N)CC2)C1. The first kappa shape index (κ1) is 14.8. The van der Waals surface area contributed by atoms with Gasteiger partial charge >= 0.3 is 0 Å². The number of amides is 1. The van der Waals surface area contributed by atoms with Gasteiger partial charge in [-0.15, -0.1) is 0 Å². The Morgan fingerprint density at radius 3 is 2.47 bits per heavy atom. The van der Waals surface area contributed by atoms with E-state index in [1.165, 1.54) is 25.7 Å². The van der Waals surface area contributed by atoms with Gasteiger partial charge in [-0.1, -0.05) is 6.92 Å². The summed E-state index contributed by atoms with van der Waals surface area (Å²) in [5, 5.41) is 0. The van der Waals surface area contributed by atoms with Crippen molar-refractivity contribution >= 4 is 5.91 Å². The van der Waals surface area contributed by atoms with Gasteiger partial charge in [-0.25, -0.2) is 0 Å². The Kier molecular flexibility index (Phi) is 5.26. The number of piperidine rings is 1. The third-order valence-electron chi connectivity index (χ3n) is 5.10. The molecule has 1 saturated heterocycles. The molecule has 0 spiro atoms. The highest BCUT2D eigenvalue weighted by atomic mass is 16.2. The first-order valence-electron chi connectivity index (χ1n) is 8.11. The molecule has 19 heavy (non-hydrogen) atoms. The molecule has 0 aromatic heterocycles. The maximum absolute atomic E-state index is 12.4. The maximum Gasteiger partial charge on any atom is 0.222 e. The molecule has 2 rings (SSSR count). The molecule has 1 aliphatic heterocycles. The van der Waals surface area contributed by atoms with E-state index < -0.39 is 0 Å². The predicted molar refractivity (Wildman–Crippen MR) is 78.7 cm³/mol. The highest BCUT2D eigenvalue weighted by Gasteiger charge is 2.27. The van der Waals surface area contributed by atoms with E-state index >= 15 is 0 Å². The summed E-state index contributed by atoms with van der Waals surface area (Å²) < 4.78 is 0. The highest BCUT2D eigenvalue weighted by Crippen LogP contribution is 2.28. The van der Waals surface area contributed by atoms with Gasteiger partial charge in [-0.2, -0.15) is 0 Å². The number of nitrogens with two attached hydrogens (primary N) is 1. The van der Waals surface area contributed by atoms with E-state index in [-0.39, 0.29) is 0 Å². The van der Waals surface area contributed by atoms with E-state index in [2.05, 4.69) is 18.7 Å². The van der Waals surface area contributed by atoms with Gasteiger partial charge in [0, 0.05) is 25.0 Å². The molecule has 1 amide bonds. The van der Waals surface area contributed by atoms with E-state index in [1.54, 1.807) is 0 Å². The summed E-state index contributed by atoms with van der Waals surface area (Å²) in [6.45, 7) is 5.42. The van der Waals surface area contributed by atoms with Crippen molar-refractivity contribution in [3.63, 3.8) is 0 Å². The Hall–Kier alpha value is -0.570. The van der Waals surface area contributed by atoms with Crippen molar-refractivity contribution in [2.75, 3.05) is 6.54 Å². The van der Waals surface area contributed by atoms with Gasteiger partial charge in [0.2, 0.25) is 5.91 Å². The van der Waals surface area contributed by atoms with Crippen LogP contribution < -0.4 is 5.73 Å². The molecule has 2 aliphatic rings. The second-order valence-corrected chi connectivity index (χ2v) is 6.90. The van der Waals surface area contributed by atoms with Gasteiger partial charge < -0.3 is 10.6 Å². The summed E-state index contributed by atoms with van der Waals surface area (Å²) in [4.78, 5) is 14.5. The monoisotopic (exact) mass is 266 g/mol. The summed E-state index contributed by atoms with van der Waals surface area (Å²) in [6.07, 6.45) is 9.00. The summed E-state index contributed by atoms with van der Waals surface area (Å²) in [5.74, 6) is 1.79. The minimum Gasteiger partial charge on any atom is -0.340 e. The van der Waals surface area contributed by atoms with Gasteiger partial charge in [0.25, 0.3) is 0 Å². The van der Waals surface area contributed by atoms with E-state index in [4.69, 9.17) is 5.73 Å². The molecule has 1 saturated carbocycles. The van der Waals surface area contributed by atoms with Crippen LogP contribution in [-0.2, 0) is 4.79 Å². The molecule has 2 N–H and O–H groups in total. The van der Waals surface area contributed by atoms with Crippen LogP contribution in [0.3, 0.4) is 0 Å². The normalized spacial score (nSPS) is 36.3. The Balaban J connectivity index is 1.74. The summed E-state index contributed by atoms with van der Waals surface area (Å²) >= 11 is 0. The van der Waals surface area contributed by atoms with E-state index in [1.807, 2.05) is 0 Å². The number of hydrogen-bond donors (Lipinski definition) is 1. The Labute approximate surface area is 117 Å². The zero-order valence-corrected chi connectivity index (χ0v) is 12.6. The second kappa shape index (κ2) is 6.74. The third kappa shape index (κ3) is 4.20. The average Bonchev–Trinajstić information content (AvgIpc) is 2.40. The van der Waals surface area contributed by atoms with Crippen molar-refractivity contribution in [1.29, 1.82) is 0 Å². The number of likely N-dealkylation sites (tertiary alicyclic amines) is 1. The molecule has 0 aromatic carbocycles. The maximum atomic E-state index is 12.4. The van der Waals surface area contributed by atoms with Crippen molar-refractivity contribution in [2.24, 2.45) is 17.6 Å². The molecule has 110 valence electrons. The third-order valence-corrected chi connectivity index (χ3v) is 5.10. The van der Waals surface area contributed by atoms with Gasteiger partial charge in [0.1, 0.15) is 0 Å². The molecule has 3 heteroatoms. The highest BCUT2D eigenvalue weighted by molar-refractivity contribution is 5.76. The van der Waals surface area contributed by atoms with Crippen molar-refractivity contribution in [3.8, 4) is 0 Å². The van der Waals surface area contributed by atoms with E-state index in [9.17, 15) is 4.79 Å². The van der Waals surface area contributed by atoms with Crippen LogP contribution in [0.25, 0.3) is 0 Å². The number of carbonyl (C=O) groups excluding carboxylic acids is 1. The Bertz CT molecular complexity index is 297. The Morgan fingerprint density at radius 1 is 1.11 bits per heavy atom. The lowest BCUT2D eigenvalue weighted by Crippen LogP contribution is -2.45. The van der Waals surface area contributed by atoms with Crippen LogP contribution in [0.5, 0.6) is 0 Å². The van der Waals surface area contributed by atoms with Crippen LogP contribution in [-0.4, -0.2) is 29.4 Å². The lowest BCUT2D eigenvalue weighted by molar-refractivity contribution is -0.135. The number of carbonyl (C=O) groups is 1. The van der Waals surface area contributed by atoms with Crippen molar-refractivity contribution < 1.29 is 4.79 Å². The van der Waals surface area contributed by atoms with Crippen LogP contribution in [0, 0.1) is 11.8 Å². The molecule has 2 atom stereocenters. The Morgan fingerprint density at radius 2 is 1.79 bits per heavy atom. The molecule has 2 unspecified atom stereocenters. The molecule has 2 fully saturated rings. The topological polar surface area (TPSA) is 46.3 Å². The van der Waals surface area contributed by atoms with Gasteiger partial charge in [-0.05, 0) is 63.7 Å². The zero-order valence-electron chi connectivity index (χ0n) is 12.6. The number of hydrogen-bond acceptors (Lipinski definition) is 2. The van der Waals surface area contributed by atoms with Crippen molar-refractivity contribution in [2.45, 2.75) is 77.3 Å². The first-order valence-corrected chi connectivity index (χ1v) is 8.11. The quantitative estimate of drug-likeness (QED) is 0.853. The summed E-state index contributed by atoms with van der Waals surface area (Å²) in [7, 11) is 0. The molecule has 0 aromatic rings. The largest absolute Gasteiger partial charge is 0.340 e. The van der Waals surface area contributed by atoms with Crippen LogP contribution in [0.2, 0.25) is 0 Å². The smallest absolute Gasteiger partial charge is 0.222 e. The minimum atomic E-state index is 0.383. The standard InChI is InChI=1S/C16H30N2O/c1-12-3-4-13(2)18(11-12)16(19)10-7-14-5-8-15(17)9-6-14/h12-15H,3-11,17H2,1-2H3. The zero-order chi connectivity index (χ0) is 13.8. The van der Waals surface area contributed by atoms with Crippen LogP contribution >= 0.6 is 0 Å². The molecule has 3 nitrogen and oxygen atoms in total. The molecule has 0 radical (unpaired) electrons. The van der Waals surface area contributed by atoms with Gasteiger partial charge in [-0.3, -0.25) is 4.79 Å². The number of nitrogens with zero attached hydrogens (tertiary/aromatic N) is 1. The van der Waals surface area contributed by atoms with Gasteiger partial charge in [0.15, 0.2) is 0 Å². The summed E-state index contributed by atoms with van der Waals surface area (Å²) in [6, 6.07) is 0.860. The van der Waals surface area contributed by atoms with Crippen LogP contribution in [0.1, 0.15) is 65.2 Å². The fraction of sp³-hybridized carbons (Fsp3) is 0.938. The minimum absolute atomic E-state index is 0.383. The average molecular weight is 266 g/mol. The van der Waals surface area contributed by atoms with Crippen LogP contribution in [0.15, 0.2) is 0 Å². The van der Waals surface area contributed by atoms with Crippen molar-refractivity contribution in [3.05, 3.63) is 0 Å². The molecule has 0 bridgehead atoms. The summed E-state index contributed by atoms with van der Waals surface area (Å²) in [5.41, 5.74) is 5.93. The molecule has 1 aliphatic carbocycles. The lowest BCUT2D eigenvalue weighted by Gasteiger charge is -2.37. The molecular formula is C16H30N2O. The second-order valence-electron chi connectivity index (χ2n) is 6.90. The fourth-order valence-corrected chi connectivity index (χ4v) is 3.58. The molecule has 1 heterocycles.